The predicted molar refractivity (Wildman–Crippen MR) is 111 cm³/mol. The van der Waals surface area contributed by atoms with E-state index < -0.39 is 0 Å². The molecule has 0 saturated heterocycles. The average molecular weight is 391 g/mol. The van der Waals surface area contributed by atoms with Gasteiger partial charge in [0.2, 0.25) is 0 Å². The van der Waals surface area contributed by atoms with Crippen molar-refractivity contribution in [3.05, 3.63) is 95.0 Å². The summed E-state index contributed by atoms with van der Waals surface area (Å²) in [6, 6.07) is 19.2. The monoisotopic (exact) mass is 390 g/mol. The van der Waals surface area contributed by atoms with Gasteiger partial charge in [0.15, 0.2) is 0 Å². The van der Waals surface area contributed by atoms with Gasteiger partial charge in [-0.15, -0.1) is 0 Å². The minimum absolute atomic E-state index is 0.115. The molecule has 0 aliphatic heterocycles. The van der Waals surface area contributed by atoms with E-state index in [0.717, 1.165) is 27.4 Å². The van der Waals surface area contributed by atoms with Gasteiger partial charge in [-0.05, 0) is 35.9 Å². The molecule has 1 N–H and O–H groups in total. The smallest absolute Gasteiger partial charge is 0.251 e. The second-order valence-corrected chi connectivity index (χ2v) is 6.84. The summed E-state index contributed by atoms with van der Waals surface area (Å²) < 4.78 is 2.16. The molecule has 2 aromatic heterocycles. The number of carbonyl (C=O) groups excluding carboxylic acids is 1. The maximum atomic E-state index is 12.2. The quantitative estimate of drug-likeness (QED) is 0.539. The summed E-state index contributed by atoms with van der Waals surface area (Å²) in [6.07, 6.45) is 3.84. The highest BCUT2D eigenvalue weighted by molar-refractivity contribution is 6.31. The molecule has 0 aliphatic carbocycles. The molecule has 2 heterocycles. The molecule has 0 radical (unpaired) electrons. The molecular weight excluding hydrogens is 372 g/mol. The van der Waals surface area contributed by atoms with Crippen LogP contribution >= 0.6 is 11.6 Å². The summed E-state index contributed by atoms with van der Waals surface area (Å²) >= 11 is 6.36. The Balaban J connectivity index is 1.55. The van der Waals surface area contributed by atoms with Crippen LogP contribution in [-0.2, 0) is 13.0 Å². The van der Waals surface area contributed by atoms with Crippen molar-refractivity contribution in [1.29, 1.82) is 0 Å². The Bertz CT molecular complexity index is 1110. The van der Waals surface area contributed by atoms with E-state index in [1.807, 2.05) is 42.5 Å². The maximum Gasteiger partial charge on any atom is 0.251 e. The van der Waals surface area contributed by atoms with Gasteiger partial charge in [-0.1, -0.05) is 41.9 Å². The molecule has 0 bridgehead atoms. The first-order valence-electron chi connectivity index (χ1n) is 9.08. The van der Waals surface area contributed by atoms with Gasteiger partial charge in [-0.3, -0.25) is 9.78 Å². The number of pyridine rings is 1. The summed E-state index contributed by atoms with van der Waals surface area (Å²) in [6.45, 7) is 1.13. The summed E-state index contributed by atoms with van der Waals surface area (Å²) in [5.74, 6) is 0.798. The van der Waals surface area contributed by atoms with Gasteiger partial charge in [0.1, 0.15) is 5.82 Å². The van der Waals surface area contributed by atoms with E-state index in [-0.39, 0.29) is 5.91 Å². The summed E-state index contributed by atoms with van der Waals surface area (Å²) in [5.41, 5.74) is 3.62. The number of benzene rings is 2. The Kier molecular flexibility index (Phi) is 5.35. The van der Waals surface area contributed by atoms with Crippen molar-refractivity contribution in [2.75, 3.05) is 6.54 Å². The molecule has 0 atom stereocenters. The lowest BCUT2D eigenvalue weighted by atomic mass is 10.2. The van der Waals surface area contributed by atoms with E-state index in [1.165, 1.54) is 0 Å². The molecule has 140 valence electrons. The lowest BCUT2D eigenvalue weighted by molar-refractivity contribution is 0.0954. The topological polar surface area (TPSA) is 59.8 Å². The van der Waals surface area contributed by atoms with Gasteiger partial charge >= 0.3 is 0 Å². The number of imidazole rings is 1. The van der Waals surface area contributed by atoms with Crippen molar-refractivity contribution in [2.24, 2.45) is 0 Å². The van der Waals surface area contributed by atoms with E-state index in [4.69, 9.17) is 16.6 Å². The third-order valence-electron chi connectivity index (χ3n) is 4.60. The minimum atomic E-state index is -0.115. The Morgan fingerprint density at radius 2 is 1.75 bits per heavy atom. The van der Waals surface area contributed by atoms with E-state index in [9.17, 15) is 4.79 Å². The third-order valence-corrected chi connectivity index (χ3v) is 4.97. The van der Waals surface area contributed by atoms with E-state index >= 15 is 0 Å². The first kappa shape index (κ1) is 18.2. The largest absolute Gasteiger partial charge is 0.352 e. The molecule has 0 saturated carbocycles. The number of halogens is 1. The second kappa shape index (κ2) is 8.23. The van der Waals surface area contributed by atoms with E-state index in [2.05, 4.69) is 20.9 Å². The zero-order valence-electron chi connectivity index (χ0n) is 15.2. The zero-order valence-corrected chi connectivity index (χ0v) is 15.9. The van der Waals surface area contributed by atoms with Crippen LogP contribution in [0.15, 0.2) is 73.1 Å². The van der Waals surface area contributed by atoms with Crippen molar-refractivity contribution in [2.45, 2.75) is 13.0 Å². The third kappa shape index (κ3) is 3.89. The molecule has 4 aromatic rings. The van der Waals surface area contributed by atoms with Gasteiger partial charge in [-0.2, -0.15) is 0 Å². The highest BCUT2D eigenvalue weighted by atomic mass is 35.5. The van der Waals surface area contributed by atoms with Crippen LogP contribution in [0.4, 0.5) is 0 Å². The summed E-state index contributed by atoms with van der Waals surface area (Å²) in [5, 5.41) is 3.68. The molecule has 0 aliphatic rings. The van der Waals surface area contributed by atoms with Crippen LogP contribution in [-0.4, -0.2) is 27.0 Å². The molecule has 0 unspecified atom stereocenters. The highest BCUT2D eigenvalue weighted by Crippen LogP contribution is 2.22. The Hall–Kier alpha value is -3.18. The molecule has 28 heavy (non-hydrogen) atoms. The lowest BCUT2D eigenvalue weighted by Gasteiger charge is -2.11. The number of nitrogens with zero attached hydrogens (tertiary/aromatic N) is 3. The van der Waals surface area contributed by atoms with Crippen LogP contribution < -0.4 is 5.32 Å². The van der Waals surface area contributed by atoms with Crippen LogP contribution in [0.5, 0.6) is 0 Å². The molecule has 6 heteroatoms. The van der Waals surface area contributed by atoms with Crippen molar-refractivity contribution >= 4 is 28.5 Å². The number of amides is 1. The number of fused-ring (bicyclic) bond motifs is 1. The standard InChI is InChI=1S/C22H19ClN4O/c23-18-6-2-1-5-17(18)15-27-20-8-4-3-7-19(20)26-21(27)11-14-25-22(28)16-9-12-24-13-10-16/h1-10,12-13H,11,14-15H2,(H,25,28). The number of hydrogen-bond acceptors (Lipinski definition) is 3. The van der Waals surface area contributed by atoms with Crippen molar-refractivity contribution in [3.8, 4) is 0 Å². The van der Waals surface area contributed by atoms with Gasteiger partial charge in [0.25, 0.3) is 5.91 Å². The summed E-state index contributed by atoms with van der Waals surface area (Å²) in [7, 11) is 0. The number of nitrogens with one attached hydrogen (secondary N) is 1. The van der Waals surface area contributed by atoms with Crippen LogP contribution in [0.2, 0.25) is 5.02 Å². The minimum Gasteiger partial charge on any atom is -0.352 e. The molecule has 0 spiro atoms. The zero-order chi connectivity index (χ0) is 19.3. The van der Waals surface area contributed by atoms with Crippen LogP contribution in [0.25, 0.3) is 11.0 Å². The van der Waals surface area contributed by atoms with Crippen LogP contribution in [0, 0.1) is 0 Å². The van der Waals surface area contributed by atoms with Gasteiger partial charge in [0.05, 0.1) is 17.6 Å². The molecule has 1 amide bonds. The predicted octanol–water partition coefficient (Wildman–Crippen LogP) is 4.11. The number of aromatic nitrogens is 3. The number of para-hydroxylation sites is 2. The number of carbonyl (C=O) groups is 1. The normalized spacial score (nSPS) is 10.9. The van der Waals surface area contributed by atoms with Crippen molar-refractivity contribution < 1.29 is 4.79 Å². The van der Waals surface area contributed by atoms with Gasteiger partial charge < -0.3 is 9.88 Å². The first-order chi connectivity index (χ1) is 13.7. The highest BCUT2D eigenvalue weighted by Gasteiger charge is 2.13. The molecule has 0 fully saturated rings. The van der Waals surface area contributed by atoms with E-state index in [1.54, 1.807) is 24.5 Å². The average Bonchev–Trinajstić information content (AvgIpc) is 3.08. The van der Waals surface area contributed by atoms with E-state index in [0.29, 0.717) is 25.1 Å². The summed E-state index contributed by atoms with van der Waals surface area (Å²) in [4.78, 5) is 20.9. The lowest BCUT2D eigenvalue weighted by Crippen LogP contribution is -2.26. The molecular formula is C22H19ClN4O. The molecule has 5 nitrogen and oxygen atoms in total. The van der Waals surface area contributed by atoms with Gasteiger partial charge in [-0.25, -0.2) is 4.98 Å². The number of rotatable bonds is 6. The van der Waals surface area contributed by atoms with Gasteiger partial charge in [0, 0.05) is 35.9 Å². The second-order valence-electron chi connectivity index (χ2n) is 6.44. The fraction of sp³-hybridized carbons (Fsp3) is 0.136. The fourth-order valence-electron chi connectivity index (χ4n) is 3.18. The first-order valence-corrected chi connectivity index (χ1v) is 9.46. The number of hydrogen-bond donors (Lipinski definition) is 1. The molecule has 2 aromatic carbocycles. The van der Waals surface area contributed by atoms with Crippen molar-refractivity contribution in [1.82, 2.24) is 19.9 Å². The van der Waals surface area contributed by atoms with Crippen LogP contribution in [0.3, 0.4) is 0 Å². The molecule has 4 rings (SSSR count). The van der Waals surface area contributed by atoms with Crippen molar-refractivity contribution in [3.63, 3.8) is 0 Å². The fourth-order valence-corrected chi connectivity index (χ4v) is 3.38. The Morgan fingerprint density at radius 3 is 2.57 bits per heavy atom. The van der Waals surface area contributed by atoms with Crippen LogP contribution in [0.1, 0.15) is 21.7 Å². The SMILES string of the molecule is O=C(NCCc1nc2ccccc2n1Cc1ccccc1Cl)c1ccncc1. The Morgan fingerprint density at radius 1 is 1.00 bits per heavy atom. The Labute approximate surface area is 168 Å². The maximum absolute atomic E-state index is 12.2.